The van der Waals surface area contributed by atoms with Gasteiger partial charge in [0.15, 0.2) is 5.58 Å². The van der Waals surface area contributed by atoms with Crippen molar-refractivity contribution in [2.24, 2.45) is 0 Å². The van der Waals surface area contributed by atoms with Gasteiger partial charge in [0.1, 0.15) is 5.82 Å². The molecular formula is C25H30FN3O2. The van der Waals surface area contributed by atoms with E-state index in [4.69, 9.17) is 4.52 Å². The van der Waals surface area contributed by atoms with Gasteiger partial charge < -0.3 is 14.3 Å². The Kier molecular flexibility index (Phi) is 6.66. The second-order valence-corrected chi connectivity index (χ2v) is 8.64. The second kappa shape index (κ2) is 9.60. The summed E-state index contributed by atoms with van der Waals surface area (Å²) in [6.45, 7) is 7.86. The predicted octanol–water partition coefficient (Wildman–Crippen LogP) is 5.09. The van der Waals surface area contributed by atoms with Crippen LogP contribution in [0.2, 0.25) is 0 Å². The highest BCUT2D eigenvalue weighted by atomic mass is 19.1. The number of amides is 1. The molecule has 0 aliphatic carbocycles. The van der Waals surface area contributed by atoms with E-state index in [2.05, 4.69) is 23.9 Å². The lowest BCUT2D eigenvalue weighted by Gasteiger charge is -2.32. The van der Waals surface area contributed by atoms with Gasteiger partial charge in [-0.2, -0.15) is 0 Å². The molecule has 3 aromatic rings. The summed E-state index contributed by atoms with van der Waals surface area (Å²) in [5, 5.41) is 5.16. The molecule has 0 saturated carbocycles. The average molecular weight is 424 g/mol. The molecule has 1 fully saturated rings. The monoisotopic (exact) mass is 423 g/mol. The number of likely N-dealkylation sites (tertiary alicyclic amines) is 1. The first-order valence-electron chi connectivity index (χ1n) is 11.2. The normalized spacial score (nSPS) is 15.6. The van der Waals surface area contributed by atoms with E-state index in [1.807, 2.05) is 35.2 Å². The molecule has 0 unspecified atom stereocenters. The van der Waals surface area contributed by atoms with Crippen LogP contribution in [0, 0.1) is 5.82 Å². The number of halogens is 1. The zero-order valence-electron chi connectivity index (χ0n) is 18.3. The predicted molar refractivity (Wildman–Crippen MR) is 120 cm³/mol. The Labute approximate surface area is 182 Å². The van der Waals surface area contributed by atoms with Crippen LogP contribution in [0.4, 0.5) is 4.39 Å². The molecule has 0 spiro atoms. The topological polar surface area (TPSA) is 49.6 Å². The van der Waals surface area contributed by atoms with Gasteiger partial charge in [0.25, 0.3) is 5.91 Å². The van der Waals surface area contributed by atoms with Crippen molar-refractivity contribution < 1.29 is 13.7 Å². The van der Waals surface area contributed by atoms with Crippen LogP contribution in [0.3, 0.4) is 0 Å². The summed E-state index contributed by atoms with van der Waals surface area (Å²) in [6.07, 6.45) is 2.97. The van der Waals surface area contributed by atoms with Crippen molar-refractivity contribution in [3.8, 4) is 0 Å². The number of carbonyl (C=O) groups is 1. The van der Waals surface area contributed by atoms with Crippen LogP contribution >= 0.6 is 0 Å². The first kappa shape index (κ1) is 21.5. The maximum absolute atomic E-state index is 13.4. The average Bonchev–Trinajstić information content (AvgIpc) is 3.20. The highest BCUT2D eigenvalue weighted by Crippen LogP contribution is 2.32. The summed E-state index contributed by atoms with van der Waals surface area (Å²) in [4.78, 5) is 17.3. The zero-order valence-corrected chi connectivity index (χ0v) is 18.3. The number of piperidine rings is 1. The van der Waals surface area contributed by atoms with Crippen molar-refractivity contribution >= 4 is 16.9 Å². The van der Waals surface area contributed by atoms with Gasteiger partial charge in [-0.1, -0.05) is 23.4 Å². The molecule has 6 heteroatoms. The maximum Gasteiger partial charge on any atom is 0.254 e. The van der Waals surface area contributed by atoms with Crippen molar-refractivity contribution in [1.82, 2.24) is 15.0 Å². The van der Waals surface area contributed by atoms with Crippen LogP contribution in [0.1, 0.15) is 55.1 Å². The summed E-state index contributed by atoms with van der Waals surface area (Å²) >= 11 is 0. The smallest absolute Gasteiger partial charge is 0.254 e. The summed E-state index contributed by atoms with van der Waals surface area (Å²) < 4.78 is 18.7. The number of rotatable bonds is 7. The zero-order chi connectivity index (χ0) is 21.8. The fourth-order valence-electron chi connectivity index (χ4n) is 4.46. The van der Waals surface area contributed by atoms with Crippen LogP contribution in [0.5, 0.6) is 0 Å². The molecule has 164 valence electrons. The molecule has 5 nitrogen and oxygen atoms in total. The van der Waals surface area contributed by atoms with Gasteiger partial charge in [0.05, 0.1) is 5.69 Å². The van der Waals surface area contributed by atoms with Crippen LogP contribution < -0.4 is 0 Å². The highest BCUT2D eigenvalue weighted by molar-refractivity contribution is 5.94. The van der Waals surface area contributed by atoms with E-state index in [1.165, 1.54) is 12.1 Å². The number of aromatic nitrogens is 1. The van der Waals surface area contributed by atoms with E-state index in [9.17, 15) is 9.18 Å². The number of carbonyl (C=O) groups excluding carboxylic acids is 1. The van der Waals surface area contributed by atoms with Crippen molar-refractivity contribution in [2.75, 3.05) is 26.2 Å². The van der Waals surface area contributed by atoms with Gasteiger partial charge in [0, 0.05) is 35.5 Å². The van der Waals surface area contributed by atoms with Crippen molar-refractivity contribution in [2.45, 2.75) is 45.1 Å². The van der Waals surface area contributed by atoms with Crippen LogP contribution in [-0.2, 0) is 0 Å². The minimum atomic E-state index is -0.300. The molecule has 2 heterocycles. The lowest BCUT2D eigenvalue weighted by molar-refractivity contribution is 0.0693. The summed E-state index contributed by atoms with van der Waals surface area (Å²) in [7, 11) is 0. The van der Waals surface area contributed by atoms with E-state index in [1.54, 1.807) is 6.07 Å². The summed E-state index contributed by atoms with van der Waals surface area (Å²) in [6, 6.07) is 14.3. The molecule has 0 bridgehead atoms. The highest BCUT2D eigenvalue weighted by Gasteiger charge is 2.25. The lowest BCUT2D eigenvalue weighted by Crippen LogP contribution is -2.40. The van der Waals surface area contributed by atoms with Crippen molar-refractivity contribution in [3.63, 3.8) is 0 Å². The third-order valence-corrected chi connectivity index (χ3v) is 6.21. The lowest BCUT2D eigenvalue weighted by atomic mass is 9.91. The minimum absolute atomic E-state index is 0.101. The molecule has 31 heavy (non-hydrogen) atoms. The second-order valence-electron chi connectivity index (χ2n) is 8.64. The Bertz CT molecular complexity index is 1010. The summed E-state index contributed by atoms with van der Waals surface area (Å²) in [5.74, 6) is 0.143. The first-order valence-corrected chi connectivity index (χ1v) is 11.2. The SMILES string of the molecule is CC(C)N(CCCN1CCC(c2noc3cc(F)ccc23)CC1)C(=O)c1ccccc1. The van der Waals surface area contributed by atoms with Gasteiger partial charge in [-0.05, 0) is 77.0 Å². The van der Waals surface area contributed by atoms with Crippen molar-refractivity contribution in [3.05, 3.63) is 65.6 Å². The first-order chi connectivity index (χ1) is 15.0. The summed E-state index contributed by atoms with van der Waals surface area (Å²) in [5.41, 5.74) is 2.22. The fourth-order valence-corrected chi connectivity index (χ4v) is 4.46. The van der Waals surface area contributed by atoms with E-state index in [0.717, 1.165) is 62.1 Å². The molecule has 0 N–H and O–H groups in total. The van der Waals surface area contributed by atoms with Crippen molar-refractivity contribution in [1.29, 1.82) is 0 Å². The third-order valence-electron chi connectivity index (χ3n) is 6.21. The largest absolute Gasteiger partial charge is 0.356 e. The molecular weight excluding hydrogens is 393 g/mol. The van der Waals surface area contributed by atoms with Gasteiger partial charge in [-0.15, -0.1) is 0 Å². The quantitative estimate of drug-likeness (QED) is 0.531. The van der Waals surface area contributed by atoms with Gasteiger partial charge in [-0.3, -0.25) is 4.79 Å². The van der Waals surface area contributed by atoms with Gasteiger partial charge in [-0.25, -0.2) is 4.39 Å². The van der Waals surface area contributed by atoms with Crippen LogP contribution in [-0.4, -0.2) is 53.1 Å². The molecule has 0 atom stereocenters. The van der Waals surface area contributed by atoms with E-state index in [-0.39, 0.29) is 17.8 Å². The molecule has 1 amide bonds. The van der Waals surface area contributed by atoms with E-state index < -0.39 is 0 Å². The van der Waals surface area contributed by atoms with E-state index >= 15 is 0 Å². The molecule has 0 radical (unpaired) electrons. The number of hydrogen-bond acceptors (Lipinski definition) is 4. The van der Waals surface area contributed by atoms with E-state index in [0.29, 0.717) is 11.5 Å². The maximum atomic E-state index is 13.4. The Hall–Kier alpha value is -2.73. The number of hydrogen-bond donors (Lipinski definition) is 0. The molecule has 1 saturated heterocycles. The Balaban J connectivity index is 1.28. The molecule has 1 aliphatic rings. The number of nitrogens with zero attached hydrogens (tertiary/aromatic N) is 3. The van der Waals surface area contributed by atoms with Crippen LogP contribution in [0.15, 0.2) is 53.1 Å². The Morgan fingerprint density at radius 2 is 1.94 bits per heavy atom. The molecule has 2 aromatic carbocycles. The number of benzene rings is 2. The van der Waals surface area contributed by atoms with Gasteiger partial charge >= 0.3 is 0 Å². The standard InChI is InChI=1S/C25H30FN3O2/c1-18(2)29(25(30)20-7-4-3-5-8-20)14-6-13-28-15-11-19(12-16-28)24-22-10-9-21(26)17-23(22)31-27-24/h3-5,7-10,17-19H,6,11-16H2,1-2H3. The Morgan fingerprint density at radius 3 is 2.65 bits per heavy atom. The fraction of sp³-hybridized carbons (Fsp3) is 0.440. The molecule has 1 aliphatic heterocycles. The minimum Gasteiger partial charge on any atom is -0.356 e. The van der Waals surface area contributed by atoms with Crippen LogP contribution in [0.25, 0.3) is 11.0 Å². The molecule has 1 aromatic heterocycles. The molecule has 4 rings (SSSR count). The van der Waals surface area contributed by atoms with Gasteiger partial charge in [0.2, 0.25) is 0 Å². The number of fused-ring (bicyclic) bond motifs is 1. The third kappa shape index (κ3) is 4.96. The Morgan fingerprint density at radius 1 is 1.19 bits per heavy atom.